The Kier molecular flexibility index (Phi) is 4.12. The smallest absolute Gasteiger partial charge is 0.242 e. The average Bonchev–Trinajstić information content (AvgIpc) is 2.15. The number of hydrogen-bond donors (Lipinski definition) is 3. The molecule has 0 spiro atoms. The maximum absolute atomic E-state index is 11.9. The number of primary amides is 1. The van der Waals surface area contributed by atoms with Gasteiger partial charge in [0.05, 0.1) is 10.9 Å². The highest BCUT2D eigenvalue weighted by molar-refractivity contribution is 9.10. The molecule has 1 rings (SSSR count). The molecule has 0 saturated heterocycles. The summed E-state index contributed by atoms with van der Waals surface area (Å²) in [5, 5.41) is 0. The van der Waals surface area contributed by atoms with Crippen LogP contribution in [0.3, 0.4) is 0 Å². The van der Waals surface area contributed by atoms with E-state index in [1.165, 1.54) is 25.1 Å². The lowest BCUT2D eigenvalue weighted by molar-refractivity contribution is -0.119. The summed E-state index contributed by atoms with van der Waals surface area (Å²) >= 11 is 3.09. The van der Waals surface area contributed by atoms with Crippen LogP contribution in [0.2, 0.25) is 0 Å². The molecule has 0 aliphatic rings. The summed E-state index contributed by atoms with van der Waals surface area (Å²) < 4.78 is 26.3. The maximum Gasteiger partial charge on any atom is 0.242 e. The van der Waals surface area contributed by atoms with Crippen molar-refractivity contribution in [3.05, 3.63) is 22.7 Å². The molecule has 0 fully saturated rings. The highest BCUT2D eigenvalue weighted by Gasteiger charge is 2.22. The highest BCUT2D eigenvalue weighted by Crippen LogP contribution is 2.24. The zero-order valence-corrected chi connectivity index (χ0v) is 11.4. The van der Waals surface area contributed by atoms with Crippen LogP contribution in [-0.4, -0.2) is 20.4 Å². The van der Waals surface area contributed by atoms with Gasteiger partial charge in [-0.25, -0.2) is 8.42 Å². The number of nitrogen functional groups attached to an aromatic ring is 1. The van der Waals surface area contributed by atoms with Gasteiger partial charge in [-0.3, -0.25) is 4.79 Å². The fourth-order valence-corrected chi connectivity index (χ4v) is 3.40. The van der Waals surface area contributed by atoms with Crippen molar-refractivity contribution in [3.63, 3.8) is 0 Å². The SMILES string of the molecule is CC(NS(=O)(=O)c1ccc(N)cc1Br)C(N)=O. The summed E-state index contributed by atoms with van der Waals surface area (Å²) in [6, 6.07) is 3.28. The molecule has 0 heterocycles. The molecule has 0 saturated carbocycles. The van der Waals surface area contributed by atoms with Crippen molar-refractivity contribution in [3.8, 4) is 0 Å². The van der Waals surface area contributed by atoms with Crippen LogP contribution in [-0.2, 0) is 14.8 Å². The molecule has 1 amide bonds. The Balaban J connectivity index is 3.10. The zero-order chi connectivity index (χ0) is 13.2. The van der Waals surface area contributed by atoms with Gasteiger partial charge in [0, 0.05) is 10.2 Å². The van der Waals surface area contributed by atoms with Crippen molar-refractivity contribution in [1.82, 2.24) is 4.72 Å². The third kappa shape index (κ3) is 3.42. The number of anilines is 1. The number of nitrogens with two attached hydrogens (primary N) is 2. The van der Waals surface area contributed by atoms with Crippen molar-refractivity contribution in [2.75, 3.05) is 5.73 Å². The predicted octanol–water partition coefficient (Wildman–Crippen LogP) is 0.183. The summed E-state index contributed by atoms with van der Waals surface area (Å²) in [7, 11) is -3.81. The number of carbonyl (C=O) groups excluding carboxylic acids is 1. The van der Waals surface area contributed by atoms with Crippen LogP contribution in [0.5, 0.6) is 0 Å². The summed E-state index contributed by atoms with van der Waals surface area (Å²) in [4.78, 5) is 10.8. The number of nitrogens with one attached hydrogen (secondary N) is 1. The minimum Gasteiger partial charge on any atom is -0.399 e. The van der Waals surface area contributed by atoms with Gasteiger partial charge < -0.3 is 11.5 Å². The van der Waals surface area contributed by atoms with Gasteiger partial charge in [-0.15, -0.1) is 0 Å². The summed E-state index contributed by atoms with van der Waals surface area (Å²) in [5.41, 5.74) is 10.9. The van der Waals surface area contributed by atoms with Crippen molar-refractivity contribution < 1.29 is 13.2 Å². The van der Waals surface area contributed by atoms with E-state index in [1.807, 2.05) is 0 Å². The van der Waals surface area contributed by atoms with Crippen LogP contribution in [0.25, 0.3) is 0 Å². The van der Waals surface area contributed by atoms with Crippen LogP contribution >= 0.6 is 15.9 Å². The molecular formula is C9H12BrN3O3S. The van der Waals surface area contributed by atoms with Gasteiger partial charge in [-0.2, -0.15) is 4.72 Å². The lowest BCUT2D eigenvalue weighted by Gasteiger charge is -2.12. The number of hydrogen-bond acceptors (Lipinski definition) is 4. The molecule has 6 nitrogen and oxygen atoms in total. The molecule has 1 aromatic carbocycles. The molecule has 1 atom stereocenters. The van der Waals surface area contributed by atoms with E-state index >= 15 is 0 Å². The van der Waals surface area contributed by atoms with E-state index in [1.54, 1.807) is 0 Å². The Bertz CT molecular complexity index is 544. The van der Waals surface area contributed by atoms with E-state index in [4.69, 9.17) is 11.5 Å². The topological polar surface area (TPSA) is 115 Å². The Morgan fingerprint density at radius 1 is 1.47 bits per heavy atom. The van der Waals surface area contributed by atoms with Crippen LogP contribution in [0, 0.1) is 0 Å². The summed E-state index contributed by atoms with van der Waals surface area (Å²) in [6.07, 6.45) is 0. The first kappa shape index (κ1) is 13.9. The zero-order valence-electron chi connectivity index (χ0n) is 8.98. The van der Waals surface area contributed by atoms with Gasteiger partial charge in [0.2, 0.25) is 15.9 Å². The fraction of sp³-hybridized carbons (Fsp3) is 0.222. The van der Waals surface area contributed by atoms with E-state index in [9.17, 15) is 13.2 Å². The van der Waals surface area contributed by atoms with E-state index in [-0.39, 0.29) is 4.90 Å². The first-order valence-corrected chi connectivity index (χ1v) is 6.88. The Morgan fingerprint density at radius 2 is 2.06 bits per heavy atom. The van der Waals surface area contributed by atoms with Crippen molar-refractivity contribution in [1.29, 1.82) is 0 Å². The molecule has 0 aliphatic carbocycles. The molecule has 17 heavy (non-hydrogen) atoms. The van der Waals surface area contributed by atoms with Crippen molar-refractivity contribution in [2.45, 2.75) is 17.9 Å². The van der Waals surface area contributed by atoms with E-state index in [2.05, 4.69) is 20.7 Å². The summed E-state index contributed by atoms with van der Waals surface area (Å²) in [6.45, 7) is 1.37. The Hall–Kier alpha value is -1.12. The second-order valence-corrected chi connectivity index (χ2v) is 5.97. The van der Waals surface area contributed by atoms with E-state index < -0.39 is 22.0 Å². The van der Waals surface area contributed by atoms with Crippen LogP contribution in [0.4, 0.5) is 5.69 Å². The molecule has 0 bridgehead atoms. The van der Waals surface area contributed by atoms with Crippen LogP contribution in [0.15, 0.2) is 27.6 Å². The van der Waals surface area contributed by atoms with Gasteiger partial charge in [0.25, 0.3) is 0 Å². The molecule has 0 radical (unpaired) electrons. The molecular weight excluding hydrogens is 310 g/mol. The largest absolute Gasteiger partial charge is 0.399 e. The lowest BCUT2D eigenvalue weighted by atomic mass is 10.3. The first-order valence-electron chi connectivity index (χ1n) is 4.60. The third-order valence-electron chi connectivity index (χ3n) is 2.00. The number of amides is 1. The quantitative estimate of drug-likeness (QED) is 0.686. The number of benzene rings is 1. The lowest BCUT2D eigenvalue weighted by Crippen LogP contribution is -2.42. The second kappa shape index (κ2) is 5.03. The summed E-state index contributed by atoms with van der Waals surface area (Å²) in [5.74, 6) is -0.750. The standard InChI is InChI=1S/C9H12BrN3O3S/c1-5(9(12)14)13-17(15,16)8-3-2-6(11)4-7(8)10/h2-5,13H,11H2,1H3,(H2,12,14). The highest BCUT2D eigenvalue weighted by atomic mass is 79.9. The monoisotopic (exact) mass is 321 g/mol. The second-order valence-electron chi connectivity index (χ2n) is 3.44. The van der Waals surface area contributed by atoms with Crippen molar-refractivity contribution >= 4 is 37.5 Å². The maximum atomic E-state index is 11.9. The number of sulfonamides is 1. The number of rotatable bonds is 4. The molecule has 0 aliphatic heterocycles. The van der Waals surface area contributed by atoms with E-state index in [0.717, 1.165) is 0 Å². The van der Waals surface area contributed by atoms with Gasteiger partial charge in [-0.05, 0) is 41.1 Å². The Morgan fingerprint density at radius 3 is 2.53 bits per heavy atom. The van der Waals surface area contributed by atoms with Gasteiger partial charge in [-0.1, -0.05) is 0 Å². The normalized spacial score (nSPS) is 13.3. The van der Waals surface area contributed by atoms with Crippen LogP contribution in [0.1, 0.15) is 6.92 Å². The van der Waals surface area contributed by atoms with Gasteiger partial charge >= 0.3 is 0 Å². The molecule has 8 heteroatoms. The van der Waals surface area contributed by atoms with Gasteiger partial charge in [0.1, 0.15) is 0 Å². The van der Waals surface area contributed by atoms with Crippen LogP contribution < -0.4 is 16.2 Å². The molecule has 94 valence electrons. The number of halogens is 1. The minimum absolute atomic E-state index is 0.000185. The third-order valence-corrected chi connectivity index (χ3v) is 4.52. The fourth-order valence-electron chi connectivity index (χ4n) is 1.09. The van der Waals surface area contributed by atoms with E-state index in [0.29, 0.717) is 10.2 Å². The van der Waals surface area contributed by atoms with Gasteiger partial charge in [0.15, 0.2) is 0 Å². The molecule has 1 unspecified atom stereocenters. The average molecular weight is 322 g/mol. The predicted molar refractivity (Wildman–Crippen MR) is 67.5 cm³/mol. The molecule has 0 aromatic heterocycles. The Labute approximate surface area is 108 Å². The van der Waals surface area contributed by atoms with Crippen molar-refractivity contribution in [2.24, 2.45) is 5.73 Å². The molecule has 1 aromatic rings. The minimum atomic E-state index is -3.81. The molecule has 5 N–H and O–H groups in total. The first-order chi connectivity index (χ1) is 7.74. The number of carbonyl (C=O) groups is 1.